The lowest BCUT2D eigenvalue weighted by molar-refractivity contribution is -0.122. The van der Waals surface area contributed by atoms with Gasteiger partial charge in [-0.1, -0.05) is 6.07 Å². The van der Waals surface area contributed by atoms with Crippen molar-refractivity contribution in [3.63, 3.8) is 0 Å². The molecule has 2 amide bonds. The Morgan fingerprint density at radius 3 is 2.82 bits per heavy atom. The summed E-state index contributed by atoms with van der Waals surface area (Å²) in [5.41, 5.74) is 4.62. The molecular formula is C10H15N3O3S. The van der Waals surface area contributed by atoms with Gasteiger partial charge in [0.25, 0.3) is 11.8 Å². The number of amides is 2. The van der Waals surface area contributed by atoms with Crippen LogP contribution in [0.15, 0.2) is 17.5 Å². The van der Waals surface area contributed by atoms with Crippen molar-refractivity contribution in [3.05, 3.63) is 22.4 Å². The molecule has 1 aromatic heterocycles. The Bertz CT molecular complexity index is 367. The van der Waals surface area contributed by atoms with Gasteiger partial charge < -0.3 is 5.11 Å². The summed E-state index contributed by atoms with van der Waals surface area (Å²) < 4.78 is 0. The number of hydrazine groups is 1. The minimum absolute atomic E-state index is 0.00860. The number of nitrogens with zero attached hydrogens (tertiary/aromatic N) is 1. The minimum atomic E-state index is -0.335. The number of thiophene rings is 1. The average Bonchev–Trinajstić information content (AvgIpc) is 2.79. The van der Waals surface area contributed by atoms with Crippen LogP contribution in [0.3, 0.4) is 0 Å². The third-order valence-electron chi connectivity index (χ3n) is 1.96. The number of carbonyl (C=O) groups excluding carboxylic acids is 2. The lowest BCUT2D eigenvalue weighted by Crippen LogP contribution is -2.45. The van der Waals surface area contributed by atoms with Crippen LogP contribution in [0.5, 0.6) is 0 Å². The molecule has 1 aromatic rings. The Hall–Kier alpha value is -1.44. The molecule has 0 saturated heterocycles. The highest BCUT2D eigenvalue weighted by molar-refractivity contribution is 7.12. The van der Waals surface area contributed by atoms with Gasteiger partial charge in [-0.25, -0.2) is 0 Å². The molecule has 7 heteroatoms. The largest absolute Gasteiger partial charge is 0.395 e. The molecule has 0 radical (unpaired) electrons. The Balaban J connectivity index is 2.26. The van der Waals surface area contributed by atoms with Gasteiger partial charge in [0.2, 0.25) is 0 Å². The van der Waals surface area contributed by atoms with Crippen LogP contribution in [-0.4, -0.2) is 48.6 Å². The predicted octanol–water partition coefficient (Wildman–Crippen LogP) is -0.567. The fourth-order valence-corrected chi connectivity index (χ4v) is 1.75. The lowest BCUT2D eigenvalue weighted by atomic mass is 10.4. The highest BCUT2D eigenvalue weighted by atomic mass is 32.1. The van der Waals surface area contributed by atoms with Crippen LogP contribution >= 0.6 is 11.3 Å². The summed E-state index contributed by atoms with van der Waals surface area (Å²) in [6.07, 6.45) is 0. The van der Waals surface area contributed by atoms with Crippen molar-refractivity contribution in [2.45, 2.75) is 0 Å². The predicted molar refractivity (Wildman–Crippen MR) is 64.5 cm³/mol. The summed E-state index contributed by atoms with van der Waals surface area (Å²) in [6, 6.07) is 3.43. The van der Waals surface area contributed by atoms with E-state index in [0.29, 0.717) is 11.4 Å². The first-order valence-corrected chi connectivity index (χ1v) is 5.93. The highest BCUT2D eigenvalue weighted by Gasteiger charge is 2.09. The number of hydrogen-bond donors (Lipinski definition) is 3. The maximum absolute atomic E-state index is 11.5. The summed E-state index contributed by atoms with van der Waals surface area (Å²) in [4.78, 5) is 25.0. The molecule has 0 aliphatic carbocycles. The van der Waals surface area contributed by atoms with Crippen molar-refractivity contribution >= 4 is 23.2 Å². The van der Waals surface area contributed by atoms with E-state index in [1.807, 2.05) is 0 Å². The van der Waals surface area contributed by atoms with Gasteiger partial charge in [-0.3, -0.25) is 25.3 Å². The van der Waals surface area contributed by atoms with Crippen molar-refractivity contribution in [2.24, 2.45) is 0 Å². The molecule has 1 heterocycles. The zero-order chi connectivity index (χ0) is 12.7. The van der Waals surface area contributed by atoms with Gasteiger partial charge in [0.1, 0.15) is 0 Å². The van der Waals surface area contributed by atoms with E-state index in [2.05, 4.69) is 10.9 Å². The van der Waals surface area contributed by atoms with Gasteiger partial charge in [0.15, 0.2) is 0 Å². The fraction of sp³-hybridized carbons (Fsp3) is 0.400. The lowest BCUT2D eigenvalue weighted by Gasteiger charge is -2.14. The summed E-state index contributed by atoms with van der Waals surface area (Å²) in [7, 11) is 1.71. The Kier molecular flexibility index (Phi) is 5.61. The first-order valence-electron chi connectivity index (χ1n) is 5.05. The van der Waals surface area contributed by atoms with Crippen LogP contribution < -0.4 is 10.9 Å². The van der Waals surface area contributed by atoms with Crippen LogP contribution in [0, 0.1) is 0 Å². The van der Waals surface area contributed by atoms with Crippen molar-refractivity contribution in [3.8, 4) is 0 Å². The first-order chi connectivity index (χ1) is 8.13. The molecule has 0 atom stereocenters. The van der Waals surface area contributed by atoms with Crippen LogP contribution in [0.1, 0.15) is 9.67 Å². The van der Waals surface area contributed by atoms with Gasteiger partial charge in [0.05, 0.1) is 18.0 Å². The first kappa shape index (κ1) is 13.6. The second kappa shape index (κ2) is 7.00. The van der Waals surface area contributed by atoms with Crippen molar-refractivity contribution in [1.29, 1.82) is 0 Å². The summed E-state index contributed by atoms with van der Waals surface area (Å²) in [5, 5.41) is 10.4. The molecule has 1 rings (SSSR count). The second-order valence-electron chi connectivity index (χ2n) is 3.44. The molecule has 0 saturated carbocycles. The molecule has 94 valence electrons. The SMILES string of the molecule is CN(CCO)CC(=O)NNC(=O)c1cccs1. The van der Waals surface area contributed by atoms with Gasteiger partial charge >= 0.3 is 0 Å². The maximum Gasteiger partial charge on any atom is 0.279 e. The smallest absolute Gasteiger partial charge is 0.279 e. The Morgan fingerprint density at radius 2 is 2.24 bits per heavy atom. The van der Waals surface area contributed by atoms with E-state index in [0.717, 1.165) is 0 Å². The number of carbonyl (C=O) groups is 2. The van der Waals surface area contributed by atoms with Crippen LogP contribution in [0.4, 0.5) is 0 Å². The number of aliphatic hydroxyl groups excluding tert-OH is 1. The van der Waals surface area contributed by atoms with E-state index < -0.39 is 0 Å². The number of hydrogen-bond acceptors (Lipinski definition) is 5. The normalized spacial score (nSPS) is 10.3. The van der Waals surface area contributed by atoms with E-state index in [-0.39, 0.29) is 25.0 Å². The van der Waals surface area contributed by atoms with E-state index in [1.54, 1.807) is 29.5 Å². The fourth-order valence-electron chi connectivity index (χ4n) is 1.13. The molecule has 0 aliphatic heterocycles. The number of rotatable bonds is 5. The molecule has 0 spiro atoms. The zero-order valence-corrected chi connectivity index (χ0v) is 10.3. The second-order valence-corrected chi connectivity index (χ2v) is 4.39. The molecule has 0 aliphatic rings. The topological polar surface area (TPSA) is 81.7 Å². The third-order valence-corrected chi connectivity index (χ3v) is 2.82. The Labute approximate surface area is 103 Å². The van der Waals surface area contributed by atoms with Crippen molar-refractivity contribution in [2.75, 3.05) is 26.7 Å². The zero-order valence-electron chi connectivity index (χ0n) is 9.47. The summed E-state index contributed by atoms with van der Waals surface area (Å²) in [6.45, 7) is 0.517. The molecule has 17 heavy (non-hydrogen) atoms. The maximum atomic E-state index is 11.5. The molecule has 3 N–H and O–H groups in total. The highest BCUT2D eigenvalue weighted by Crippen LogP contribution is 2.06. The minimum Gasteiger partial charge on any atom is -0.395 e. The van der Waals surface area contributed by atoms with E-state index in [4.69, 9.17) is 5.11 Å². The molecule has 0 fully saturated rings. The standard InChI is InChI=1S/C10H15N3O3S/c1-13(4-5-14)7-9(15)11-12-10(16)8-3-2-6-17-8/h2-3,6,14H,4-5,7H2,1H3,(H,11,15)(H,12,16). The van der Waals surface area contributed by atoms with Gasteiger partial charge in [0, 0.05) is 6.54 Å². The molecular weight excluding hydrogens is 242 g/mol. The third kappa shape index (κ3) is 4.94. The number of nitrogens with one attached hydrogen (secondary N) is 2. The van der Waals surface area contributed by atoms with Crippen LogP contribution in [0.25, 0.3) is 0 Å². The van der Waals surface area contributed by atoms with Gasteiger partial charge in [-0.15, -0.1) is 11.3 Å². The van der Waals surface area contributed by atoms with Gasteiger partial charge in [-0.2, -0.15) is 0 Å². The molecule has 0 aromatic carbocycles. The summed E-state index contributed by atoms with van der Waals surface area (Å²) in [5.74, 6) is -0.663. The monoisotopic (exact) mass is 257 g/mol. The van der Waals surface area contributed by atoms with Crippen LogP contribution in [-0.2, 0) is 4.79 Å². The van der Waals surface area contributed by atoms with E-state index in [9.17, 15) is 9.59 Å². The van der Waals surface area contributed by atoms with Crippen molar-refractivity contribution < 1.29 is 14.7 Å². The van der Waals surface area contributed by atoms with E-state index in [1.165, 1.54) is 11.3 Å². The van der Waals surface area contributed by atoms with Crippen LogP contribution in [0.2, 0.25) is 0 Å². The van der Waals surface area contributed by atoms with Crippen molar-refractivity contribution in [1.82, 2.24) is 15.8 Å². The number of aliphatic hydroxyl groups is 1. The molecule has 6 nitrogen and oxygen atoms in total. The van der Waals surface area contributed by atoms with Gasteiger partial charge in [-0.05, 0) is 18.5 Å². The molecule has 0 unspecified atom stereocenters. The summed E-state index contributed by atoms with van der Waals surface area (Å²) >= 11 is 1.30. The molecule has 0 bridgehead atoms. The average molecular weight is 257 g/mol. The Morgan fingerprint density at radius 1 is 1.47 bits per heavy atom. The quantitative estimate of drug-likeness (QED) is 0.617. The van der Waals surface area contributed by atoms with E-state index >= 15 is 0 Å². The number of likely N-dealkylation sites (N-methyl/N-ethyl adjacent to an activating group) is 1.